The molecular formula is C58H38N2O. The smallest absolute Gasteiger partial charge is 0.136 e. The van der Waals surface area contributed by atoms with Gasteiger partial charge < -0.3 is 13.9 Å². The van der Waals surface area contributed by atoms with Crippen molar-refractivity contribution in [1.82, 2.24) is 4.57 Å². The molecule has 0 radical (unpaired) electrons. The van der Waals surface area contributed by atoms with Crippen LogP contribution in [0.25, 0.3) is 93.6 Å². The van der Waals surface area contributed by atoms with Crippen molar-refractivity contribution < 1.29 is 4.42 Å². The second-order valence-corrected chi connectivity index (χ2v) is 15.6. The summed E-state index contributed by atoms with van der Waals surface area (Å²) in [6, 6.07) is 82.9. The average Bonchev–Trinajstić information content (AvgIpc) is 3.88. The van der Waals surface area contributed by atoms with Crippen LogP contribution < -0.4 is 4.90 Å². The zero-order valence-electron chi connectivity index (χ0n) is 33.2. The van der Waals surface area contributed by atoms with E-state index in [0.717, 1.165) is 61.4 Å². The van der Waals surface area contributed by atoms with E-state index in [-0.39, 0.29) is 0 Å². The first-order valence-electron chi connectivity index (χ1n) is 20.8. The number of nitrogens with zero attached hydrogens (tertiary/aromatic N) is 2. The van der Waals surface area contributed by atoms with Crippen molar-refractivity contribution >= 4 is 71.6 Å². The Balaban J connectivity index is 1.02. The standard InChI is InChI=1S/C58H38N2O/c1-2-17-44-39(15-1)16-13-23-45(44)40-31-35-42(36-32-40)59(53-26-9-6-21-49(53)50-24-14-30-57-58(50)51-22-7-12-29-56(51)61-57)43-37-33-41(34-38-43)46-18-3-8-25-52(46)60-54-27-10-4-19-47(54)48-20-5-11-28-55(48)60/h1-38H. The van der Waals surface area contributed by atoms with Gasteiger partial charge in [-0.25, -0.2) is 0 Å². The van der Waals surface area contributed by atoms with Crippen LogP contribution in [0.1, 0.15) is 0 Å². The minimum absolute atomic E-state index is 0.880. The summed E-state index contributed by atoms with van der Waals surface area (Å²) in [7, 11) is 0. The highest BCUT2D eigenvalue weighted by Crippen LogP contribution is 2.46. The summed E-state index contributed by atoms with van der Waals surface area (Å²) in [5.41, 5.74) is 15.5. The van der Waals surface area contributed by atoms with Crippen LogP contribution in [0.3, 0.4) is 0 Å². The quantitative estimate of drug-likeness (QED) is 0.161. The fourth-order valence-corrected chi connectivity index (χ4v) is 9.47. The highest BCUT2D eigenvalue weighted by atomic mass is 16.3. The van der Waals surface area contributed by atoms with Crippen molar-refractivity contribution in [2.45, 2.75) is 0 Å². The zero-order valence-corrected chi connectivity index (χ0v) is 33.2. The number of para-hydroxylation sites is 5. The van der Waals surface area contributed by atoms with Gasteiger partial charge in [0, 0.05) is 44.0 Å². The van der Waals surface area contributed by atoms with E-state index in [1.54, 1.807) is 0 Å². The van der Waals surface area contributed by atoms with Gasteiger partial charge in [0.1, 0.15) is 11.2 Å². The lowest BCUT2D eigenvalue weighted by molar-refractivity contribution is 0.669. The van der Waals surface area contributed by atoms with E-state index in [0.29, 0.717) is 0 Å². The number of aromatic nitrogens is 1. The minimum Gasteiger partial charge on any atom is -0.456 e. The number of benzene rings is 10. The fourth-order valence-electron chi connectivity index (χ4n) is 9.47. The molecule has 3 nitrogen and oxygen atoms in total. The molecule has 0 bridgehead atoms. The normalized spacial score (nSPS) is 11.6. The van der Waals surface area contributed by atoms with E-state index in [4.69, 9.17) is 4.42 Å². The minimum atomic E-state index is 0.880. The molecule has 12 aromatic rings. The van der Waals surface area contributed by atoms with Gasteiger partial charge in [0.25, 0.3) is 0 Å². The second kappa shape index (κ2) is 14.3. The third-order valence-corrected chi connectivity index (χ3v) is 12.2. The number of rotatable bonds is 7. The summed E-state index contributed by atoms with van der Waals surface area (Å²) in [5, 5.41) is 7.22. The summed E-state index contributed by atoms with van der Waals surface area (Å²) in [4.78, 5) is 2.39. The van der Waals surface area contributed by atoms with Gasteiger partial charge in [-0.1, -0.05) is 170 Å². The Bertz CT molecular complexity index is 3530. The summed E-state index contributed by atoms with van der Waals surface area (Å²) in [6.07, 6.45) is 0. The van der Waals surface area contributed by atoms with Crippen LogP contribution in [0.5, 0.6) is 0 Å². The van der Waals surface area contributed by atoms with Crippen LogP contribution in [0, 0.1) is 0 Å². The largest absolute Gasteiger partial charge is 0.456 e. The van der Waals surface area contributed by atoms with Gasteiger partial charge >= 0.3 is 0 Å². The predicted octanol–water partition coefficient (Wildman–Crippen LogP) is 16.3. The molecular weight excluding hydrogens is 741 g/mol. The van der Waals surface area contributed by atoms with Crippen LogP contribution in [0.2, 0.25) is 0 Å². The van der Waals surface area contributed by atoms with E-state index in [2.05, 4.69) is 234 Å². The average molecular weight is 779 g/mol. The Labute approximate surface area is 353 Å². The van der Waals surface area contributed by atoms with Gasteiger partial charge in [-0.05, 0) is 93.7 Å². The molecule has 3 heteroatoms. The molecule has 0 aliphatic heterocycles. The van der Waals surface area contributed by atoms with Crippen molar-refractivity contribution in [3.63, 3.8) is 0 Å². The lowest BCUT2D eigenvalue weighted by Crippen LogP contribution is -2.11. The molecule has 0 aliphatic carbocycles. The molecule has 2 heterocycles. The topological polar surface area (TPSA) is 21.3 Å². The molecule has 0 saturated carbocycles. The molecule has 0 amide bonds. The maximum absolute atomic E-state index is 6.39. The van der Waals surface area contributed by atoms with E-state index < -0.39 is 0 Å². The summed E-state index contributed by atoms with van der Waals surface area (Å²) < 4.78 is 8.80. The number of furan rings is 1. The van der Waals surface area contributed by atoms with Crippen molar-refractivity contribution in [2.24, 2.45) is 0 Å². The molecule has 0 atom stereocenters. The number of hydrogen-bond acceptors (Lipinski definition) is 2. The molecule has 0 saturated heterocycles. The first-order valence-corrected chi connectivity index (χ1v) is 20.8. The van der Waals surface area contributed by atoms with Crippen molar-refractivity contribution in [3.05, 3.63) is 231 Å². The fraction of sp³-hybridized carbons (Fsp3) is 0. The van der Waals surface area contributed by atoms with Crippen LogP contribution in [0.4, 0.5) is 17.1 Å². The monoisotopic (exact) mass is 778 g/mol. The number of fused-ring (bicyclic) bond motifs is 7. The van der Waals surface area contributed by atoms with E-state index in [1.807, 2.05) is 6.07 Å². The Hall–Kier alpha value is -8.14. The molecule has 286 valence electrons. The number of anilines is 3. The van der Waals surface area contributed by atoms with Crippen LogP contribution in [0.15, 0.2) is 235 Å². The Morgan fingerprint density at radius 2 is 0.820 bits per heavy atom. The first kappa shape index (κ1) is 34.9. The molecule has 0 spiro atoms. The Morgan fingerprint density at radius 3 is 1.56 bits per heavy atom. The Kier molecular flexibility index (Phi) is 8.17. The van der Waals surface area contributed by atoms with Crippen molar-refractivity contribution in [2.75, 3.05) is 4.90 Å². The highest BCUT2D eigenvalue weighted by Gasteiger charge is 2.21. The summed E-state index contributed by atoms with van der Waals surface area (Å²) >= 11 is 0. The van der Waals surface area contributed by atoms with Gasteiger partial charge in [-0.15, -0.1) is 0 Å². The molecule has 61 heavy (non-hydrogen) atoms. The van der Waals surface area contributed by atoms with Crippen LogP contribution in [-0.4, -0.2) is 4.57 Å². The molecule has 2 aromatic heterocycles. The van der Waals surface area contributed by atoms with E-state index in [9.17, 15) is 0 Å². The third-order valence-electron chi connectivity index (χ3n) is 12.2. The molecule has 0 aliphatic rings. The van der Waals surface area contributed by atoms with Gasteiger partial charge in [0.2, 0.25) is 0 Å². The molecule has 0 N–H and O–H groups in total. The van der Waals surface area contributed by atoms with E-state index in [1.165, 1.54) is 49.3 Å². The zero-order chi connectivity index (χ0) is 40.3. The lowest BCUT2D eigenvalue weighted by atomic mass is 9.96. The SMILES string of the molecule is c1ccc(N(c2ccc(-c3ccccc3-n3c4ccccc4c4ccccc43)cc2)c2ccc(-c3cccc4ccccc34)cc2)c(-c2cccc3oc4ccccc4c23)c1. The van der Waals surface area contributed by atoms with Crippen molar-refractivity contribution in [3.8, 4) is 39.1 Å². The Morgan fingerprint density at radius 1 is 0.328 bits per heavy atom. The van der Waals surface area contributed by atoms with E-state index >= 15 is 0 Å². The van der Waals surface area contributed by atoms with Gasteiger partial charge in [-0.2, -0.15) is 0 Å². The maximum atomic E-state index is 6.39. The predicted molar refractivity (Wildman–Crippen MR) is 257 cm³/mol. The van der Waals surface area contributed by atoms with Crippen LogP contribution in [-0.2, 0) is 0 Å². The van der Waals surface area contributed by atoms with Gasteiger partial charge in [0.15, 0.2) is 0 Å². The summed E-state index contributed by atoms with van der Waals surface area (Å²) in [5.74, 6) is 0. The molecule has 10 aromatic carbocycles. The molecule has 0 unspecified atom stereocenters. The van der Waals surface area contributed by atoms with Crippen LogP contribution >= 0.6 is 0 Å². The second-order valence-electron chi connectivity index (χ2n) is 15.6. The highest BCUT2D eigenvalue weighted by molar-refractivity contribution is 6.14. The first-order chi connectivity index (χ1) is 30.3. The lowest BCUT2D eigenvalue weighted by Gasteiger charge is -2.28. The maximum Gasteiger partial charge on any atom is 0.136 e. The van der Waals surface area contributed by atoms with Gasteiger partial charge in [-0.3, -0.25) is 0 Å². The summed E-state index contributed by atoms with van der Waals surface area (Å²) in [6.45, 7) is 0. The molecule has 12 rings (SSSR count). The molecule has 0 fully saturated rings. The van der Waals surface area contributed by atoms with Crippen molar-refractivity contribution in [1.29, 1.82) is 0 Å². The van der Waals surface area contributed by atoms with Gasteiger partial charge in [0.05, 0.1) is 22.4 Å². The number of hydrogen-bond donors (Lipinski definition) is 0. The third kappa shape index (κ3) is 5.74.